The second kappa shape index (κ2) is 8.01. The first-order valence-corrected chi connectivity index (χ1v) is 9.85. The maximum Gasteiger partial charge on any atom is -0.0162 e. The van der Waals surface area contributed by atoms with Crippen molar-refractivity contribution in [1.82, 2.24) is 0 Å². The van der Waals surface area contributed by atoms with Crippen LogP contribution in [0.4, 0.5) is 0 Å². The molecule has 0 saturated heterocycles. The van der Waals surface area contributed by atoms with Gasteiger partial charge in [-0.15, -0.1) is 0 Å². The van der Waals surface area contributed by atoms with Crippen molar-refractivity contribution in [2.45, 2.75) is 65.2 Å². The molecule has 3 rings (SSSR count). The van der Waals surface area contributed by atoms with Gasteiger partial charge in [0.25, 0.3) is 0 Å². The van der Waals surface area contributed by atoms with Gasteiger partial charge in [0, 0.05) is 0 Å². The van der Waals surface area contributed by atoms with Gasteiger partial charge in [-0.05, 0) is 59.3 Å². The highest BCUT2D eigenvalue weighted by atomic mass is 14.2. The lowest BCUT2D eigenvalue weighted by atomic mass is 9.79. The largest absolute Gasteiger partial charge is 0.0651 e. The Morgan fingerprint density at radius 1 is 0.833 bits per heavy atom. The Balaban J connectivity index is 1.67. The molecule has 1 atom stereocenters. The van der Waals surface area contributed by atoms with Crippen molar-refractivity contribution in [3.8, 4) is 11.1 Å². The van der Waals surface area contributed by atoms with Crippen molar-refractivity contribution in [2.24, 2.45) is 11.8 Å². The van der Waals surface area contributed by atoms with Crippen LogP contribution < -0.4 is 0 Å². The number of benzene rings is 2. The van der Waals surface area contributed by atoms with Gasteiger partial charge in [0.05, 0.1) is 0 Å². The van der Waals surface area contributed by atoms with E-state index >= 15 is 0 Å². The van der Waals surface area contributed by atoms with Crippen molar-refractivity contribution < 1.29 is 0 Å². The van der Waals surface area contributed by atoms with Crippen molar-refractivity contribution in [2.75, 3.05) is 0 Å². The average Bonchev–Trinajstić information content (AvgIpc) is 2.63. The van der Waals surface area contributed by atoms with Crippen LogP contribution in [0.2, 0.25) is 0 Å². The normalized spacial score (nSPS) is 22.3. The molecule has 0 radical (unpaired) electrons. The molecule has 1 saturated carbocycles. The maximum atomic E-state index is 2.39. The smallest absolute Gasteiger partial charge is 0.0162 e. The zero-order chi connectivity index (χ0) is 16.9. The van der Waals surface area contributed by atoms with E-state index in [1.165, 1.54) is 55.2 Å². The van der Waals surface area contributed by atoms with Gasteiger partial charge in [0.2, 0.25) is 0 Å². The molecule has 0 heteroatoms. The van der Waals surface area contributed by atoms with E-state index in [4.69, 9.17) is 0 Å². The van der Waals surface area contributed by atoms with Crippen molar-refractivity contribution in [3.05, 3.63) is 59.7 Å². The molecule has 1 fully saturated rings. The van der Waals surface area contributed by atoms with Crippen LogP contribution in [0.15, 0.2) is 48.5 Å². The minimum absolute atomic E-state index is 0.772. The summed E-state index contributed by atoms with van der Waals surface area (Å²) in [5.41, 5.74) is 5.69. The molecular weight excluding hydrogens is 288 g/mol. The van der Waals surface area contributed by atoms with Gasteiger partial charge >= 0.3 is 0 Å². The van der Waals surface area contributed by atoms with E-state index in [0.717, 1.165) is 17.8 Å². The van der Waals surface area contributed by atoms with Crippen LogP contribution >= 0.6 is 0 Å². The molecule has 0 bridgehead atoms. The van der Waals surface area contributed by atoms with E-state index in [9.17, 15) is 0 Å². The molecule has 24 heavy (non-hydrogen) atoms. The zero-order valence-corrected chi connectivity index (χ0v) is 15.6. The van der Waals surface area contributed by atoms with E-state index in [1.54, 1.807) is 5.56 Å². The first kappa shape index (κ1) is 17.3. The van der Waals surface area contributed by atoms with E-state index < -0.39 is 0 Å². The third kappa shape index (κ3) is 4.29. The third-order valence-corrected chi connectivity index (χ3v) is 5.97. The second-order valence-corrected chi connectivity index (χ2v) is 7.99. The van der Waals surface area contributed by atoms with E-state index in [0.29, 0.717) is 0 Å². The molecule has 0 heterocycles. The third-order valence-electron chi connectivity index (χ3n) is 5.97. The Labute approximate surface area is 148 Å². The summed E-state index contributed by atoms with van der Waals surface area (Å²) in [6, 6.07) is 18.5. The van der Waals surface area contributed by atoms with Crippen LogP contribution in [-0.4, -0.2) is 0 Å². The first-order valence-electron chi connectivity index (χ1n) is 9.85. The Morgan fingerprint density at radius 3 is 1.92 bits per heavy atom. The highest BCUT2D eigenvalue weighted by Gasteiger charge is 2.19. The molecular formula is C24H32. The van der Waals surface area contributed by atoms with E-state index in [1.807, 2.05) is 0 Å². The second-order valence-electron chi connectivity index (χ2n) is 7.99. The topological polar surface area (TPSA) is 0 Å². The van der Waals surface area contributed by atoms with Gasteiger partial charge in [-0.2, -0.15) is 0 Å². The van der Waals surface area contributed by atoms with Crippen molar-refractivity contribution in [1.29, 1.82) is 0 Å². The van der Waals surface area contributed by atoms with Gasteiger partial charge in [-0.3, -0.25) is 0 Å². The Morgan fingerprint density at radius 2 is 1.38 bits per heavy atom. The first-order chi connectivity index (χ1) is 11.7. The van der Waals surface area contributed by atoms with Crippen molar-refractivity contribution >= 4 is 0 Å². The van der Waals surface area contributed by atoms with Crippen LogP contribution in [0.5, 0.6) is 0 Å². The fourth-order valence-electron chi connectivity index (χ4n) is 3.92. The summed E-state index contributed by atoms with van der Waals surface area (Å²) < 4.78 is 0. The molecule has 1 aliphatic carbocycles. The molecule has 0 aliphatic heterocycles. The zero-order valence-electron chi connectivity index (χ0n) is 15.6. The molecule has 0 amide bonds. The van der Waals surface area contributed by atoms with Crippen LogP contribution in [0.3, 0.4) is 0 Å². The van der Waals surface area contributed by atoms with Gasteiger partial charge < -0.3 is 0 Å². The average molecular weight is 321 g/mol. The molecule has 1 aliphatic rings. The highest BCUT2D eigenvalue weighted by molar-refractivity contribution is 5.64. The van der Waals surface area contributed by atoms with E-state index in [-0.39, 0.29) is 0 Å². The summed E-state index contributed by atoms with van der Waals surface area (Å²) in [5.74, 6) is 2.48. The van der Waals surface area contributed by atoms with Crippen LogP contribution in [0.25, 0.3) is 11.1 Å². The fourth-order valence-corrected chi connectivity index (χ4v) is 3.92. The lowest BCUT2D eigenvalue weighted by Gasteiger charge is -2.26. The quantitative estimate of drug-likeness (QED) is 0.545. The summed E-state index contributed by atoms with van der Waals surface area (Å²) in [7, 11) is 0. The maximum absolute atomic E-state index is 2.39. The number of rotatable bonds is 5. The Bertz CT molecular complexity index is 612. The lowest BCUT2D eigenvalue weighted by Crippen LogP contribution is -2.10. The lowest BCUT2D eigenvalue weighted by molar-refractivity contribution is 0.348. The SMILES string of the molecule is CCC(C)Cc1ccc(-c2ccc(C3CCC(C)CC3)cc2)cc1. The number of hydrogen-bond donors (Lipinski definition) is 0. The fraction of sp³-hybridized carbons (Fsp3) is 0.500. The molecule has 0 spiro atoms. The van der Waals surface area contributed by atoms with Crippen molar-refractivity contribution in [3.63, 3.8) is 0 Å². The van der Waals surface area contributed by atoms with Crippen LogP contribution in [-0.2, 0) is 6.42 Å². The highest BCUT2D eigenvalue weighted by Crippen LogP contribution is 2.36. The summed E-state index contributed by atoms with van der Waals surface area (Å²) in [6.45, 7) is 7.00. The molecule has 128 valence electrons. The van der Waals surface area contributed by atoms with Gasteiger partial charge in [-0.25, -0.2) is 0 Å². The summed E-state index contributed by atoms with van der Waals surface area (Å²) >= 11 is 0. The van der Waals surface area contributed by atoms with Gasteiger partial charge in [0.15, 0.2) is 0 Å². The monoisotopic (exact) mass is 320 g/mol. The Kier molecular flexibility index (Phi) is 5.76. The molecule has 2 aromatic carbocycles. The van der Waals surface area contributed by atoms with Gasteiger partial charge in [0.1, 0.15) is 0 Å². The summed E-state index contributed by atoms with van der Waals surface area (Å²) in [5, 5.41) is 0. The number of hydrogen-bond acceptors (Lipinski definition) is 0. The predicted molar refractivity (Wildman–Crippen MR) is 105 cm³/mol. The molecule has 2 aromatic rings. The predicted octanol–water partition coefficient (Wildman–Crippen LogP) is 7.24. The minimum Gasteiger partial charge on any atom is -0.0651 e. The molecule has 0 nitrogen and oxygen atoms in total. The van der Waals surface area contributed by atoms with Crippen LogP contribution in [0, 0.1) is 11.8 Å². The molecule has 1 unspecified atom stereocenters. The summed E-state index contributed by atoms with van der Waals surface area (Å²) in [4.78, 5) is 0. The minimum atomic E-state index is 0.772. The summed E-state index contributed by atoms with van der Waals surface area (Å²) in [6.07, 6.45) is 7.96. The molecule has 0 N–H and O–H groups in total. The standard InChI is InChI=1S/C24H32/c1-4-18(2)17-20-7-11-22(12-8-20)24-15-13-23(14-16-24)21-9-5-19(3)6-10-21/h7-8,11-16,18-19,21H,4-6,9-10,17H2,1-3H3. The Hall–Kier alpha value is -1.56. The van der Waals surface area contributed by atoms with Crippen LogP contribution in [0.1, 0.15) is 69.9 Å². The van der Waals surface area contributed by atoms with E-state index in [2.05, 4.69) is 69.3 Å². The molecule has 0 aromatic heterocycles. The van der Waals surface area contributed by atoms with Gasteiger partial charge in [-0.1, -0.05) is 88.6 Å².